The molecule has 0 amide bonds. The fourth-order valence-corrected chi connectivity index (χ4v) is 2.09. The molecule has 14 heavy (non-hydrogen) atoms. The van der Waals surface area contributed by atoms with Crippen LogP contribution in [0.25, 0.3) is 0 Å². The zero-order valence-corrected chi connectivity index (χ0v) is 8.19. The molecule has 0 fully saturated rings. The van der Waals surface area contributed by atoms with Crippen LogP contribution in [0, 0.1) is 4.91 Å². The first-order valence-electron chi connectivity index (χ1n) is 4.85. The number of methoxy groups -OCH3 is 1. The second kappa shape index (κ2) is 3.78. The highest BCUT2D eigenvalue weighted by Gasteiger charge is 2.22. The molecule has 1 aromatic carbocycles. The van der Waals surface area contributed by atoms with Crippen LogP contribution in [0.15, 0.2) is 23.4 Å². The highest BCUT2D eigenvalue weighted by Crippen LogP contribution is 2.36. The van der Waals surface area contributed by atoms with Gasteiger partial charge in [-0.2, -0.15) is 4.91 Å². The Kier molecular flexibility index (Phi) is 2.48. The predicted molar refractivity (Wildman–Crippen MR) is 54.5 cm³/mol. The van der Waals surface area contributed by atoms with Gasteiger partial charge in [-0.3, -0.25) is 0 Å². The molecule has 1 unspecified atom stereocenters. The van der Waals surface area contributed by atoms with Gasteiger partial charge in [0.05, 0.1) is 7.11 Å². The van der Waals surface area contributed by atoms with Gasteiger partial charge in [0.15, 0.2) is 0 Å². The van der Waals surface area contributed by atoms with Gasteiger partial charge in [-0.15, -0.1) is 0 Å². The fraction of sp³-hybridized carbons (Fsp3) is 0.455. The fourth-order valence-electron chi connectivity index (χ4n) is 2.09. The summed E-state index contributed by atoms with van der Waals surface area (Å²) in [7, 11) is 1.66. The molecule has 0 N–H and O–H groups in total. The quantitative estimate of drug-likeness (QED) is 0.674. The van der Waals surface area contributed by atoms with E-state index in [9.17, 15) is 4.91 Å². The van der Waals surface area contributed by atoms with E-state index in [2.05, 4.69) is 5.18 Å². The molecule has 0 bridgehead atoms. The van der Waals surface area contributed by atoms with Crippen molar-refractivity contribution in [1.29, 1.82) is 0 Å². The molecule has 0 radical (unpaired) electrons. The lowest BCUT2D eigenvalue weighted by atomic mass is 9.87. The van der Waals surface area contributed by atoms with Crippen LogP contribution in [0.1, 0.15) is 30.0 Å². The molecule has 1 aromatic rings. The summed E-state index contributed by atoms with van der Waals surface area (Å²) in [5, 5.41) is 3.16. The molecule has 74 valence electrons. The van der Waals surface area contributed by atoms with Crippen LogP contribution >= 0.6 is 0 Å². The van der Waals surface area contributed by atoms with Crippen molar-refractivity contribution in [3.05, 3.63) is 34.2 Å². The highest BCUT2D eigenvalue weighted by molar-refractivity contribution is 5.43. The Bertz CT molecular complexity index is 349. The number of nitrogens with zero attached hydrogens (tertiary/aromatic N) is 1. The van der Waals surface area contributed by atoms with Gasteiger partial charge in [-0.05, 0) is 36.5 Å². The van der Waals surface area contributed by atoms with Crippen molar-refractivity contribution in [2.24, 2.45) is 5.18 Å². The predicted octanol–water partition coefficient (Wildman–Crippen LogP) is 2.84. The maximum Gasteiger partial charge on any atom is 0.122 e. The maximum atomic E-state index is 10.6. The van der Waals surface area contributed by atoms with Crippen LogP contribution < -0.4 is 4.74 Å². The van der Waals surface area contributed by atoms with Crippen LogP contribution in [-0.2, 0) is 6.42 Å². The van der Waals surface area contributed by atoms with Gasteiger partial charge in [-0.1, -0.05) is 17.3 Å². The molecule has 0 saturated carbocycles. The minimum atomic E-state index is -0.172. The van der Waals surface area contributed by atoms with Crippen LogP contribution in [0.4, 0.5) is 0 Å². The van der Waals surface area contributed by atoms with Crippen molar-refractivity contribution in [3.8, 4) is 5.75 Å². The van der Waals surface area contributed by atoms with Gasteiger partial charge in [0.1, 0.15) is 11.8 Å². The molecular weight excluding hydrogens is 178 g/mol. The summed E-state index contributed by atoms with van der Waals surface area (Å²) in [5.41, 5.74) is 2.21. The molecule has 2 rings (SSSR count). The molecule has 1 aliphatic carbocycles. The third-order valence-corrected chi connectivity index (χ3v) is 2.78. The van der Waals surface area contributed by atoms with Crippen LogP contribution in [0.5, 0.6) is 5.75 Å². The molecule has 0 saturated heterocycles. The lowest BCUT2D eigenvalue weighted by Crippen LogP contribution is -2.08. The zero-order valence-electron chi connectivity index (χ0n) is 8.19. The minimum Gasteiger partial charge on any atom is -0.496 e. The summed E-state index contributed by atoms with van der Waals surface area (Å²) in [6.45, 7) is 0. The van der Waals surface area contributed by atoms with E-state index in [1.807, 2.05) is 18.2 Å². The van der Waals surface area contributed by atoms with Gasteiger partial charge in [0.2, 0.25) is 0 Å². The van der Waals surface area contributed by atoms with Crippen LogP contribution in [0.2, 0.25) is 0 Å². The topological polar surface area (TPSA) is 38.7 Å². The van der Waals surface area contributed by atoms with Gasteiger partial charge in [0.25, 0.3) is 0 Å². The number of hydrogen-bond acceptors (Lipinski definition) is 3. The summed E-state index contributed by atoms with van der Waals surface area (Å²) >= 11 is 0. The van der Waals surface area contributed by atoms with Gasteiger partial charge in [-0.25, -0.2) is 0 Å². The third-order valence-electron chi connectivity index (χ3n) is 2.78. The molecule has 0 aliphatic heterocycles. The number of ether oxygens (including phenoxy) is 1. The van der Waals surface area contributed by atoms with E-state index >= 15 is 0 Å². The molecule has 0 aromatic heterocycles. The lowest BCUT2D eigenvalue weighted by molar-refractivity contribution is 0.403. The van der Waals surface area contributed by atoms with Crippen molar-refractivity contribution in [2.45, 2.75) is 25.3 Å². The van der Waals surface area contributed by atoms with Crippen molar-refractivity contribution < 1.29 is 4.74 Å². The summed E-state index contributed by atoms with van der Waals surface area (Å²) in [5.74, 6) is 0.885. The molecular formula is C11H13NO2. The van der Waals surface area contributed by atoms with Crippen molar-refractivity contribution in [3.63, 3.8) is 0 Å². The van der Waals surface area contributed by atoms with E-state index in [0.717, 1.165) is 36.1 Å². The average Bonchev–Trinajstić information content (AvgIpc) is 2.27. The van der Waals surface area contributed by atoms with Gasteiger partial charge < -0.3 is 4.74 Å². The Balaban J connectivity index is 2.48. The maximum absolute atomic E-state index is 10.6. The molecule has 1 aliphatic rings. The Morgan fingerprint density at radius 1 is 1.50 bits per heavy atom. The molecule has 0 heterocycles. The number of nitroso groups, excluding NO2 is 1. The summed E-state index contributed by atoms with van der Waals surface area (Å²) in [4.78, 5) is 10.6. The lowest BCUT2D eigenvalue weighted by Gasteiger charge is -2.21. The number of fused-ring (bicyclic) bond motifs is 1. The first-order chi connectivity index (χ1) is 6.86. The second-order valence-corrected chi connectivity index (χ2v) is 3.54. The smallest absolute Gasteiger partial charge is 0.122 e. The minimum absolute atomic E-state index is 0.172. The number of hydrogen-bond donors (Lipinski definition) is 0. The van der Waals surface area contributed by atoms with E-state index in [4.69, 9.17) is 4.74 Å². The molecule has 3 heteroatoms. The van der Waals surface area contributed by atoms with Crippen LogP contribution in [0.3, 0.4) is 0 Å². The third kappa shape index (κ3) is 1.39. The summed E-state index contributed by atoms with van der Waals surface area (Å²) in [6.07, 6.45) is 2.87. The largest absolute Gasteiger partial charge is 0.496 e. The summed E-state index contributed by atoms with van der Waals surface area (Å²) in [6, 6.07) is 5.66. The zero-order chi connectivity index (χ0) is 9.97. The Labute approximate surface area is 83.1 Å². The monoisotopic (exact) mass is 191 g/mol. The number of rotatable bonds is 2. The van der Waals surface area contributed by atoms with E-state index in [0.29, 0.717) is 0 Å². The molecule has 3 nitrogen and oxygen atoms in total. The standard InChI is InChI=1S/C11H13NO2/c1-14-11-7-3-4-8-9(11)5-2-6-10(8)12-13/h3-4,7,10H,2,5-6H2,1H3. The van der Waals surface area contributed by atoms with Crippen LogP contribution in [-0.4, -0.2) is 7.11 Å². The van der Waals surface area contributed by atoms with E-state index in [1.165, 1.54) is 0 Å². The second-order valence-electron chi connectivity index (χ2n) is 3.54. The van der Waals surface area contributed by atoms with Crippen molar-refractivity contribution in [1.82, 2.24) is 0 Å². The van der Waals surface area contributed by atoms with Gasteiger partial charge in [0, 0.05) is 0 Å². The van der Waals surface area contributed by atoms with E-state index in [1.54, 1.807) is 7.11 Å². The Morgan fingerprint density at radius 3 is 3.07 bits per heavy atom. The Morgan fingerprint density at radius 2 is 2.36 bits per heavy atom. The molecule has 1 atom stereocenters. The summed E-state index contributed by atoms with van der Waals surface area (Å²) < 4.78 is 5.26. The van der Waals surface area contributed by atoms with Gasteiger partial charge >= 0.3 is 0 Å². The van der Waals surface area contributed by atoms with Crippen molar-refractivity contribution in [2.75, 3.05) is 7.11 Å². The SMILES string of the molecule is COc1cccc2c1CCCC2N=O. The average molecular weight is 191 g/mol. The first kappa shape index (κ1) is 9.19. The Hall–Kier alpha value is -1.38. The van der Waals surface area contributed by atoms with E-state index in [-0.39, 0.29) is 6.04 Å². The number of benzene rings is 1. The highest BCUT2D eigenvalue weighted by atomic mass is 16.5. The van der Waals surface area contributed by atoms with E-state index < -0.39 is 0 Å². The molecule has 0 spiro atoms. The normalized spacial score (nSPS) is 19.9. The van der Waals surface area contributed by atoms with Crippen molar-refractivity contribution >= 4 is 0 Å². The first-order valence-corrected chi connectivity index (χ1v) is 4.85.